The minimum Gasteiger partial charge on any atom is -0.480 e. The number of nitrogens with two attached hydrogens (primary N) is 1. The maximum Gasteiger partial charge on any atom is 0.320 e. The highest BCUT2D eigenvalue weighted by Crippen LogP contribution is 2.23. The standard InChI is InChI=1S/C15H19N5O6/c16-4-2-1-3-9(15(23)24)17-7-8-5-10-11(6-12(8)20(25)26)19-14(22)13(21)18-10/h5-6,9,17H,1-4,7,16H2,(H,18,21)(H,19,22)(H,23,24)/t9-/m0/s1. The number of fused-ring (bicyclic) bond motifs is 1. The number of nitro benzene ring substituents is 1. The van der Waals surface area contributed by atoms with Crippen LogP contribution in [0.25, 0.3) is 11.0 Å². The lowest BCUT2D eigenvalue weighted by molar-refractivity contribution is -0.385. The average Bonchev–Trinajstić information content (AvgIpc) is 2.58. The van der Waals surface area contributed by atoms with Crippen molar-refractivity contribution >= 4 is 22.7 Å². The smallest absolute Gasteiger partial charge is 0.320 e. The molecule has 0 aliphatic carbocycles. The van der Waals surface area contributed by atoms with E-state index in [2.05, 4.69) is 15.3 Å². The summed E-state index contributed by atoms with van der Waals surface area (Å²) in [6, 6.07) is 1.59. The largest absolute Gasteiger partial charge is 0.480 e. The number of nitro groups is 1. The van der Waals surface area contributed by atoms with E-state index in [0.29, 0.717) is 25.8 Å². The second kappa shape index (κ2) is 8.36. The van der Waals surface area contributed by atoms with Crippen molar-refractivity contribution in [1.82, 2.24) is 15.3 Å². The summed E-state index contributed by atoms with van der Waals surface area (Å²) < 4.78 is 0. The summed E-state index contributed by atoms with van der Waals surface area (Å²) in [5.41, 5.74) is 3.82. The van der Waals surface area contributed by atoms with Crippen LogP contribution in [-0.4, -0.2) is 38.6 Å². The van der Waals surface area contributed by atoms with Crippen molar-refractivity contribution in [1.29, 1.82) is 0 Å². The van der Waals surface area contributed by atoms with Crippen LogP contribution >= 0.6 is 0 Å². The van der Waals surface area contributed by atoms with Gasteiger partial charge in [0.2, 0.25) is 0 Å². The summed E-state index contributed by atoms with van der Waals surface area (Å²) in [7, 11) is 0. The minimum absolute atomic E-state index is 0.0903. The molecule has 0 spiro atoms. The Bertz CT molecular complexity index is 934. The van der Waals surface area contributed by atoms with Crippen LogP contribution in [0.5, 0.6) is 0 Å². The lowest BCUT2D eigenvalue weighted by Crippen LogP contribution is -2.36. The van der Waals surface area contributed by atoms with E-state index in [-0.39, 0.29) is 28.8 Å². The number of carboxylic acid groups (broad SMARTS) is 1. The Hall–Kier alpha value is -3.05. The number of aromatic amines is 2. The number of hydrogen-bond acceptors (Lipinski definition) is 7. The van der Waals surface area contributed by atoms with Crippen molar-refractivity contribution in [3.05, 3.63) is 48.5 Å². The summed E-state index contributed by atoms with van der Waals surface area (Å²) >= 11 is 0. The predicted molar refractivity (Wildman–Crippen MR) is 93.0 cm³/mol. The zero-order chi connectivity index (χ0) is 19.3. The number of unbranched alkanes of at least 4 members (excludes halogenated alkanes) is 1. The van der Waals surface area contributed by atoms with E-state index in [1.807, 2.05) is 0 Å². The summed E-state index contributed by atoms with van der Waals surface area (Å²) in [5.74, 6) is -1.07. The van der Waals surface area contributed by atoms with Gasteiger partial charge in [-0.05, 0) is 25.5 Å². The third kappa shape index (κ3) is 4.52. The molecule has 0 radical (unpaired) electrons. The maximum atomic E-state index is 11.4. The Kier molecular flexibility index (Phi) is 6.20. The van der Waals surface area contributed by atoms with Crippen LogP contribution in [-0.2, 0) is 11.3 Å². The van der Waals surface area contributed by atoms with Gasteiger partial charge in [0.15, 0.2) is 0 Å². The Labute approximate surface area is 146 Å². The number of carboxylic acids is 1. The van der Waals surface area contributed by atoms with E-state index < -0.39 is 28.1 Å². The molecule has 0 amide bonds. The number of nitrogens with zero attached hydrogens (tertiary/aromatic N) is 1. The monoisotopic (exact) mass is 365 g/mol. The van der Waals surface area contributed by atoms with E-state index in [1.165, 1.54) is 6.07 Å². The van der Waals surface area contributed by atoms with Gasteiger partial charge in [-0.2, -0.15) is 0 Å². The van der Waals surface area contributed by atoms with Gasteiger partial charge >= 0.3 is 17.1 Å². The molecular weight excluding hydrogens is 346 g/mol. The number of aromatic nitrogens is 2. The molecule has 0 saturated carbocycles. The molecule has 0 fully saturated rings. The molecule has 1 atom stereocenters. The lowest BCUT2D eigenvalue weighted by Gasteiger charge is -2.14. The van der Waals surface area contributed by atoms with Crippen LogP contribution < -0.4 is 22.2 Å². The predicted octanol–water partition coefficient (Wildman–Crippen LogP) is -0.204. The molecule has 140 valence electrons. The molecule has 11 heteroatoms. The molecule has 1 aromatic carbocycles. The van der Waals surface area contributed by atoms with Crippen LogP contribution in [0.1, 0.15) is 24.8 Å². The van der Waals surface area contributed by atoms with Crippen LogP contribution in [0.3, 0.4) is 0 Å². The quantitative estimate of drug-likeness (QED) is 0.175. The van der Waals surface area contributed by atoms with E-state index in [1.54, 1.807) is 0 Å². The Morgan fingerprint density at radius 2 is 1.85 bits per heavy atom. The van der Waals surface area contributed by atoms with Gasteiger partial charge in [-0.3, -0.25) is 24.5 Å². The van der Waals surface area contributed by atoms with Crippen molar-refractivity contribution in [2.24, 2.45) is 5.73 Å². The molecule has 0 bridgehead atoms. The van der Waals surface area contributed by atoms with Gasteiger partial charge in [0.25, 0.3) is 5.69 Å². The molecule has 2 rings (SSSR count). The van der Waals surface area contributed by atoms with Gasteiger partial charge in [0.05, 0.1) is 16.0 Å². The highest BCUT2D eigenvalue weighted by atomic mass is 16.6. The van der Waals surface area contributed by atoms with Crippen LogP contribution in [0.15, 0.2) is 21.7 Å². The first-order valence-corrected chi connectivity index (χ1v) is 7.93. The average molecular weight is 365 g/mol. The number of rotatable bonds is 9. The summed E-state index contributed by atoms with van der Waals surface area (Å²) in [6.07, 6.45) is 1.61. The first-order valence-electron chi connectivity index (χ1n) is 7.93. The molecule has 11 nitrogen and oxygen atoms in total. The molecule has 1 heterocycles. The van der Waals surface area contributed by atoms with E-state index in [9.17, 15) is 29.6 Å². The molecule has 6 N–H and O–H groups in total. The third-order valence-electron chi connectivity index (χ3n) is 3.90. The summed E-state index contributed by atoms with van der Waals surface area (Å²) in [5, 5.41) is 23.3. The summed E-state index contributed by atoms with van der Waals surface area (Å²) in [4.78, 5) is 49.4. The molecule has 0 aliphatic rings. The number of aliphatic carboxylic acids is 1. The van der Waals surface area contributed by atoms with Gasteiger partial charge in [0.1, 0.15) is 6.04 Å². The van der Waals surface area contributed by atoms with E-state index in [0.717, 1.165) is 6.07 Å². The molecule has 26 heavy (non-hydrogen) atoms. The molecule has 1 aromatic heterocycles. The maximum absolute atomic E-state index is 11.4. The lowest BCUT2D eigenvalue weighted by atomic mass is 10.1. The SMILES string of the molecule is NCCCC[C@H](NCc1cc2[nH]c(=O)c(=O)[nH]c2cc1[N+](=O)[O-])C(=O)O. The van der Waals surface area contributed by atoms with Crippen LogP contribution in [0, 0.1) is 10.1 Å². The van der Waals surface area contributed by atoms with Gasteiger partial charge in [0, 0.05) is 18.2 Å². The van der Waals surface area contributed by atoms with Gasteiger partial charge in [-0.25, -0.2) is 0 Å². The van der Waals surface area contributed by atoms with Crippen molar-refractivity contribution in [3.8, 4) is 0 Å². The van der Waals surface area contributed by atoms with Crippen molar-refractivity contribution in [2.75, 3.05) is 6.54 Å². The topological polar surface area (TPSA) is 184 Å². The number of hydrogen-bond donors (Lipinski definition) is 5. The fourth-order valence-corrected chi connectivity index (χ4v) is 2.55. The fraction of sp³-hybridized carbons (Fsp3) is 0.400. The number of benzene rings is 1. The Morgan fingerprint density at radius 3 is 2.38 bits per heavy atom. The van der Waals surface area contributed by atoms with Crippen molar-refractivity contribution in [2.45, 2.75) is 31.8 Å². The van der Waals surface area contributed by atoms with Gasteiger partial charge in [-0.1, -0.05) is 6.42 Å². The second-order valence-electron chi connectivity index (χ2n) is 5.75. The van der Waals surface area contributed by atoms with Crippen molar-refractivity contribution in [3.63, 3.8) is 0 Å². The minimum atomic E-state index is -1.07. The first kappa shape index (κ1) is 19.3. The summed E-state index contributed by atoms with van der Waals surface area (Å²) in [6.45, 7) is 0.362. The van der Waals surface area contributed by atoms with E-state index in [4.69, 9.17) is 5.73 Å². The van der Waals surface area contributed by atoms with Gasteiger partial charge < -0.3 is 26.1 Å². The highest BCUT2D eigenvalue weighted by Gasteiger charge is 2.20. The normalized spacial score (nSPS) is 12.2. The number of nitrogens with one attached hydrogen (secondary N) is 3. The molecule has 0 saturated heterocycles. The van der Waals surface area contributed by atoms with Crippen LogP contribution in [0.2, 0.25) is 0 Å². The second-order valence-corrected chi connectivity index (χ2v) is 5.75. The fourth-order valence-electron chi connectivity index (χ4n) is 2.55. The molecule has 0 unspecified atom stereocenters. The first-order chi connectivity index (χ1) is 12.3. The number of carbonyl (C=O) groups is 1. The van der Waals surface area contributed by atoms with Crippen LogP contribution in [0.4, 0.5) is 5.69 Å². The Morgan fingerprint density at radius 1 is 1.23 bits per heavy atom. The highest BCUT2D eigenvalue weighted by molar-refractivity contribution is 5.78. The Balaban J connectivity index is 2.31. The molecule has 0 aliphatic heterocycles. The number of H-pyrrole nitrogens is 2. The third-order valence-corrected chi connectivity index (χ3v) is 3.90. The zero-order valence-electron chi connectivity index (χ0n) is 13.8. The molecule has 2 aromatic rings. The van der Waals surface area contributed by atoms with Gasteiger partial charge in [-0.15, -0.1) is 0 Å². The zero-order valence-corrected chi connectivity index (χ0v) is 13.8. The van der Waals surface area contributed by atoms with E-state index >= 15 is 0 Å². The van der Waals surface area contributed by atoms with Crippen molar-refractivity contribution < 1.29 is 14.8 Å². The molecular formula is C15H19N5O6.